The molecular formula is C18H21FN4O. The number of nitrogens with zero attached hydrogens (tertiary/aromatic N) is 2. The maximum absolute atomic E-state index is 13.2. The van der Waals surface area contributed by atoms with Crippen LogP contribution in [0, 0.1) is 11.9 Å². The number of halogens is 1. The van der Waals surface area contributed by atoms with Crippen molar-refractivity contribution < 1.29 is 9.18 Å². The van der Waals surface area contributed by atoms with E-state index < -0.39 is 5.95 Å². The fourth-order valence-corrected chi connectivity index (χ4v) is 4.01. The molecule has 2 aromatic heterocycles. The molecule has 2 atom stereocenters. The molecule has 5 rings (SSSR count). The molecule has 3 fully saturated rings. The summed E-state index contributed by atoms with van der Waals surface area (Å²) >= 11 is 0. The monoisotopic (exact) mass is 328 g/mol. The van der Waals surface area contributed by atoms with Gasteiger partial charge in [-0.25, -0.2) is 4.98 Å². The Morgan fingerprint density at radius 1 is 1.29 bits per heavy atom. The van der Waals surface area contributed by atoms with Crippen molar-refractivity contribution in [2.75, 3.05) is 13.1 Å². The van der Waals surface area contributed by atoms with Gasteiger partial charge in [0.15, 0.2) is 0 Å². The van der Waals surface area contributed by atoms with Crippen LogP contribution in [0.15, 0.2) is 30.3 Å². The molecule has 1 amide bonds. The van der Waals surface area contributed by atoms with Crippen LogP contribution >= 0.6 is 0 Å². The van der Waals surface area contributed by atoms with Gasteiger partial charge in [0.25, 0.3) is 5.91 Å². The number of carbonyl (C=O) groups excluding carboxylic acids is 1. The van der Waals surface area contributed by atoms with Gasteiger partial charge in [0, 0.05) is 12.1 Å². The van der Waals surface area contributed by atoms with Crippen LogP contribution in [0.1, 0.15) is 30.3 Å². The number of rotatable bonds is 3. The maximum atomic E-state index is 13.2. The molecule has 6 heteroatoms. The lowest BCUT2D eigenvalue weighted by Crippen LogP contribution is -2.62. The summed E-state index contributed by atoms with van der Waals surface area (Å²) in [6.07, 6.45) is 2.30. The van der Waals surface area contributed by atoms with Crippen molar-refractivity contribution in [2.24, 2.45) is 5.92 Å². The van der Waals surface area contributed by atoms with Gasteiger partial charge < -0.3 is 10.3 Å². The number of H-pyrrole nitrogens is 1. The molecule has 126 valence electrons. The van der Waals surface area contributed by atoms with Crippen LogP contribution in [0.5, 0.6) is 0 Å². The number of carbonyl (C=O) groups is 1. The average Bonchev–Trinajstić information content (AvgIpc) is 3.09. The molecule has 2 aromatic rings. The average molecular weight is 328 g/mol. The number of aromatic amines is 1. The summed E-state index contributed by atoms with van der Waals surface area (Å²) in [4.78, 5) is 21.9. The number of nitrogens with one attached hydrogen (secondary N) is 2. The second-order valence-electron chi connectivity index (χ2n) is 6.74. The first-order valence-electron chi connectivity index (χ1n) is 8.48. The van der Waals surface area contributed by atoms with Gasteiger partial charge >= 0.3 is 0 Å². The van der Waals surface area contributed by atoms with Crippen molar-refractivity contribution in [2.45, 2.75) is 31.8 Å². The Morgan fingerprint density at radius 2 is 2.08 bits per heavy atom. The molecule has 0 saturated carbocycles. The van der Waals surface area contributed by atoms with E-state index in [1.165, 1.54) is 6.07 Å². The highest BCUT2D eigenvalue weighted by Crippen LogP contribution is 2.32. The largest absolute Gasteiger partial charge is 0.349 e. The molecule has 0 aromatic carbocycles. The Labute approximate surface area is 140 Å². The van der Waals surface area contributed by atoms with Gasteiger partial charge in [0.05, 0.1) is 11.4 Å². The summed E-state index contributed by atoms with van der Waals surface area (Å²) in [5.74, 6) is -0.0780. The summed E-state index contributed by atoms with van der Waals surface area (Å²) in [6, 6.07) is 8.67. The quantitative estimate of drug-likeness (QED) is 0.851. The topological polar surface area (TPSA) is 61.0 Å². The van der Waals surface area contributed by atoms with Gasteiger partial charge in [0.2, 0.25) is 5.95 Å². The lowest BCUT2D eigenvalue weighted by Gasteiger charge is -2.49. The molecule has 0 radical (unpaired) electrons. The van der Waals surface area contributed by atoms with Crippen molar-refractivity contribution in [1.29, 1.82) is 0 Å². The Bertz CT molecular complexity index is 749. The number of fused-ring (bicyclic) bond motifs is 3. The predicted octanol–water partition coefficient (Wildman–Crippen LogP) is 2.43. The first-order chi connectivity index (χ1) is 11.6. The van der Waals surface area contributed by atoms with Crippen LogP contribution in [0.3, 0.4) is 0 Å². The van der Waals surface area contributed by atoms with Gasteiger partial charge in [0.1, 0.15) is 5.69 Å². The highest BCUT2D eigenvalue weighted by molar-refractivity contribution is 5.93. The number of pyridine rings is 1. The molecule has 5 heterocycles. The molecular weight excluding hydrogens is 307 g/mol. The zero-order valence-corrected chi connectivity index (χ0v) is 13.6. The number of hydrogen-bond donors (Lipinski definition) is 2. The first-order valence-corrected chi connectivity index (χ1v) is 8.48. The van der Waals surface area contributed by atoms with Crippen molar-refractivity contribution in [3.8, 4) is 11.4 Å². The van der Waals surface area contributed by atoms with Gasteiger partial charge in [-0.05, 0) is 63.0 Å². The van der Waals surface area contributed by atoms with E-state index in [-0.39, 0.29) is 11.9 Å². The molecule has 3 saturated heterocycles. The molecule has 3 aliphatic rings. The minimum Gasteiger partial charge on any atom is -0.349 e. The zero-order valence-electron chi connectivity index (χ0n) is 13.6. The van der Waals surface area contributed by atoms with E-state index in [1.54, 1.807) is 24.3 Å². The van der Waals surface area contributed by atoms with Crippen molar-refractivity contribution in [1.82, 2.24) is 20.2 Å². The Morgan fingerprint density at radius 3 is 2.79 bits per heavy atom. The van der Waals surface area contributed by atoms with E-state index in [0.29, 0.717) is 29.0 Å². The van der Waals surface area contributed by atoms with Gasteiger partial charge in [-0.15, -0.1) is 0 Å². The Kier molecular flexibility index (Phi) is 3.84. The van der Waals surface area contributed by atoms with E-state index in [4.69, 9.17) is 0 Å². The number of aromatic nitrogens is 2. The van der Waals surface area contributed by atoms with Gasteiger partial charge in [-0.1, -0.05) is 6.07 Å². The summed E-state index contributed by atoms with van der Waals surface area (Å²) < 4.78 is 13.2. The smallest absolute Gasteiger partial charge is 0.267 e. The van der Waals surface area contributed by atoms with E-state index in [0.717, 1.165) is 25.9 Å². The van der Waals surface area contributed by atoms with Crippen molar-refractivity contribution in [3.05, 3.63) is 42.0 Å². The highest BCUT2D eigenvalue weighted by atomic mass is 19.1. The Hall–Kier alpha value is -2.21. The van der Waals surface area contributed by atoms with E-state index >= 15 is 0 Å². The fourth-order valence-electron chi connectivity index (χ4n) is 4.01. The highest BCUT2D eigenvalue weighted by Gasteiger charge is 2.40. The van der Waals surface area contributed by atoms with Gasteiger partial charge in [-0.2, -0.15) is 4.39 Å². The zero-order chi connectivity index (χ0) is 16.7. The normalized spacial score (nSPS) is 28.8. The van der Waals surface area contributed by atoms with Crippen LogP contribution in [-0.2, 0) is 0 Å². The molecule has 0 aliphatic carbocycles. The summed E-state index contributed by atoms with van der Waals surface area (Å²) in [7, 11) is 0. The minimum atomic E-state index is -0.533. The minimum absolute atomic E-state index is 0.108. The summed E-state index contributed by atoms with van der Waals surface area (Å²) in [5.41, 5.74) is 1.62. The van der Waals surface area contributed by atoms with Crippen LogP contribution < -0.4 is 5.32 Å². The second kappa shape index (κ2) is 6.02. The molecule has 3 aliphatic heterocycles. The predicted molar refractivity (Wildman–Crippen MR) is 89.0 cm³/mol. The third kappa shape index (κ3) is 2.71. The van der Waals surface area contributed by atoms with Gasteiger partial charge in [-0.3, -0.25) is 9.69 Å². The van der Waals surface area contributed by atoms with E-state index in [1.807, 2.05) is 0 Å². The van der Waals surface area contributed by atoms with Crippen LogP contribution in [0.2, 0.25) is 0 Å². The van der Waals surface area contributed by atoms with E-state index in [9.17, 15) is 9.18 Å². The van der Waals surface area contributed by atoms with E-state index in [2.05, 4.69) is 27.1 Å². The van der Waals surface area contributed by atoms with Crippen LogP contribution in [0.4, 0.5) is 4.39 Å². The van der Waals surface area contributed by atoms with Crippen LogP contribution in [-0.4, -0.2) is 45.9 Å². The van der Waals surface area contributed by atoms with Crippen molar-refractivity contribution >= 4 is 5.91 Å². The standard InChI is InChI=1S/C18H21FN4O/c1-11-17(12-7-9-23(11)10-8-12)22-18(24)15-6-5-14(20-15)13-3-2-4-16(19)21-13/h2-6,11-12,17,20H,7-10H2,1H3,(H,22,24)/t11-,17-/m0/s1. The second-order valence-corrected chi connectivity index (χ2v) is 6.74. The maximum Gasteiger partial charge on any atom is 0.267 e. The number of piperidine rings is 3. The summed E-state index contributed by atoms with van der Waals surface area (Å²) in [5, 5.41) is 3.19. The third-order valence-corrected chi connectivity index (χ3v) is 5.40. The van der Waals surface area contributed by atoms with Crippen LogP contribution in [0.25, 0.3) is 11.4 Å². The number of amides is 1. The van der Waals surface area contributed by atoms with Crippen molar-refractivity contribution in [3.63, 3.8) is 0 Å². The molecule has 2 N–H and O–H groups in total. The molecule has 24 heavy (non-hydrogen) atoms. The lowest BCUT2D eigenvalue weighted by molar-refractivity contribution is 0.0216. The SMILES string of the molecule is C[C@H]1[C@H](NC(=O)c2ccc(-c3cccc(F)n3)[nH]2)C2CCN1CC2. The molecule has 0 spiro atoms. The fraction of sp³-hybridized carbons (Fsp3) is 0.444. The number of hydrogen-bond acceptors (Lipinski definition) is 3. The summed E-state index contributed by atoms with van der Waals surface area (Å²) in [6.45, 7) is 4.46. The molecule has 5 nitrogen and oxygen atoms in total. The molecule has 2 bridgehead atoms. The molecule has 0 unspecified atom stereocenters. The Balaban J connectivity index is 1.49. The first kappa shape index (κ1) is 15.3. The lowest BCUT2D eigenvalue weighted by atomic mass is 9.79. The third-order valence-electron chi connectivity index (χ3n) is 5.40.